The largest absolute Gasteiger partial charge is 0.494 e. The molecule has 31 heavy (non-hydrogen) atoms. The Morgan fingerprint density at radius 3 is 2.16 bits per heavy atom. The van der Waals surface area contributed by atoms with E-state index in [2.05, 4.69) is 10.5 Å². The van der Waals surface area contributed by atoms with Crippen LogP contribution >= 0.6 is 0 Å². The summed E-state index contributed by atoms with van der Waals surface area (Å²) in [6, 6.07) is 12.7. The van der Waals surface area contributed by atoms with Gasteiger partial charge in [0.25, 0.3) is 5.91 Å². The molecule has 0 spiro atoms. The maximum Gasteiger partial charge on any atom is 0.263 e. The number of rotatable bonds is 10. The Balaban J connectivity index is 2.08. The van der Waals surface area contributed by atoms with E-state index >= 15 is 0 Å². The van der Waals surface area contributed by atoms with Crippen molar-refractivity contribution in [3.8, 4) is 11.5 Å². The molecule has 168 valence electrons. The van der Waals surface area contributed by atoms with Crippen molar-refractivity contribution >= 4 is 27.8 Å². The summed E-state index contributed by atoms with van der Waals surface area (Å²) in [5.74, 6) is 0.797. The number of nitrogens with one attached hydrogen (secondary N) is 1. The topological polar surface area (TPSA) is 97.3 Å². The second kappa shape index (κ2) is 10.8. The Morgan fingerprint density at radius 2 is 1.65 bits per heavy atom. The lowest BCUT2D eigenvalue weighted by Crippen LogP contribution is -2.46. The molecule has 0 unspecified atom stereocenters. The first-order chi connectivity index (χ1) is 14.6. The molecule has 9 heteroatoms. The molecule has 1 N–H and O–H groups in total. The van der Waals surface area contributed by atoms with Gasteiger partial charge in [0.1, 0.15) is 17.5 Å². The zero-order valence-electron chi connectivity index (χ0n) is 18.4. The van der Waals surface area contributed by atoms with Gasteiger partial charge in [0.2, 0.25) is 10.0 Å². The highest BCUT2D eigenvalue weighted by Gasteiger charge is 2.29. The van der Waals surface area contributed by atoms with E-state index < -0.39 is 22.0 Å². The summed E-state index contributed by atoms with van der Waals surface area (Å²) in [5, 5.41) is 3.94. The van der Waals surface area contributed by atoms with E-state index in [1.165, 1.54) is 13.1 Å². The van der Waals surface area contributed by atoms with E-state index in [9.17, 15) is 13.2 Å². The van der Waals surface area contributed by atoms with Crippen molar-refractivity contribution in [2.45, 2.75) is 39.8 Å². The van der Waals surface area contributed by atoms with Crippen molar-refractivity contribution < 1.29 is 22.7 Å². The molecule has 0 radical (unpaired) electrons. The van der Waals surface area contributed by atoms with Gasteiger partial charge in [-0.15, -0.1) is 0 Å². The van der Waals surface area contributed by atoms with Crippen molar-refractivity contribution in [3.05, 3.63) is 54.1 Å². The van der Waals surface area contributed by atoms with Crippen LogP contribution in [-0.4, -0.2) is 45.5 Å². The molecule has 2 rings (SSSR count). The van der Waals surface area contributed by atoms with Gasteiger partial charge in [-0.1, -0.05) is 0 Å². The average molecular weight is 448 g/mol. The SMILES string of the molecule is CCOc1ccc(N([C@@H](C)C(=O)N/N=C\c2ccc(OC(C)C)cc2)S(C)(=O)=O)cc1. The summed E-state index contributed by atoms with van der Waals surface area (Å²) >= 11 is 0. The summed E-state index contributed by atoms with van der Waals surface area (Å²) in [6.07, 6.45) is 2.61. The number of hydrazone groups is 1. The molecule has 0 saturated carbocycles. The molecule has 0 aliphatic carbocycles. The van der Waals surface area contributed by atoms with Gasteiger partial charge in [-0.2, -0.15) is 5.10 Å². The quantitative estimate of drug-likeness (QED) is 0.446. The van der Waals surface area contributed by atoms with Crippen LogP contribution in [0, 0.1) is 0 Å². The molecule has 0 heterocycles. The zero-order chi connectivity index (χ0) is 23.0. The van der Waals surface area contributed by atoms with Gasteiger partial charge in [0.05, 0.1) is 30.9 Å². The average Bonchev–Trinajstić information content (AvgIpc) is 2.69. The third-order valence-electron chi connectivity index (χ3n) is 4.13. The normalized spacial score (nSPS) is 12.6. The minimum Gasteiger partial charge on any atom is -0.494 e. The Bertz CT molecular complexity index is 987. The van der Waals surface area contributed by atoms with Crippen molar-refractivity contribution in [1.82, 2.24) is 5.43 Å². The van der Waals surface area contributed by atoms with Gasteiger partial charge in [0.15, 0.2) is 0 Å². The van der Waals surface area contributed by atoms with E-state index in [-0.39, 0.29) is 6.10 Å². The highest BCUT2D eigenvalue weighted by atomic mass is 32.2. The van der Waals surface area contributed by atoms with Crippen LogP contribution in [0.5, 0.6) is 11.5 Å². The van der Waals surface area contributed by atoms with E-state index in [1.54, 1.807) is 36.4 Å². The van der Waals surface area contributed by atoms with Crippen LogP contribution in [0.1, 0.15) is 33.3 Å². The number of ether oxygens (including phenoxy) is 2. The Labute approximate surface area is 183 Å². The number of anilines is 1. The fraction of sp³-hybridized carbons (Fsp3) is 0.364. The van der Waals surface area contributed by atoms with Crippen LogP contribution in [0.2, 0.25) is 0 Å². The molecular formula is C22H29N3O5S. The Hall–Kier alpha value is -3.07. The molecule has 0 aromatic heterocycles. The van der Waals surface area contributed by atoms with Crippen LogP contribution in [0.25, 0.3) is 0 Å². The molecule has 1 atom stereocenters. The first-order valence-electron chi connectivity index (χ1n) is 9.93. The highest BCUT2D eigenvalue weighted by Crippen LogP contribution is 2.24. The third-order valence-corrected chi connectivity index (χ3v) is 5.37. The minimum absolute atomic E-state index is 0.0773. The molecule has 2 aromatic carbocycles. The number of amides is 1. The lowest BCUT2D eigenvalue weighted by atomic mass is 10.2. The number of nitrogens with zero attached hydrogens (tertiary/aromatic N) is 2. The van der Waals surface area contributed by atoms with Crippen LogP contribution in [0.3, 0.4) is 0 Å². The van der Waals surface area contributed by atoms with Crippen LogP contribution in [0.15, 0.2) is 53.6 Å². The lowest BCUT2D eigenvalue weighted by Gasteiger charge is -2.27. The molecule has 1 amide bonds. The molecule has 0 aliphatic heterocycles. The van der Waals surface area contributed by atoms with Crippen molar-refractivity contribution in [3.63, 3.8) is 0 Å². The Morgan fingerprint density at radius 1 is 1.06 bits per heavy atom. The van der Waals surface area contributed by atoms with Crippen molar-refractivity contribution in [2.24, 2.45) is 5.10 Å². The summed E-state index contributed by atoms with van der Waals surface area (Å²) in [5.41, 5.74) is 3.52. The molecular weight excluding hydrogens is 418 g/mol. The van der Waals surface area contributed by atoms with Gasteiger partial charge in [-0.25, -0.2) is 13.8 Å². The predicted octanol–water partition coefficient (Wildman–Crippen LogP) is 3.18. The summed E-state index contributed by atoms with van der Waals surface area (Å²) in [6.45, 7) is 7.75. The monoisotopic (exact) mass is 447 g/mol. The maximum absolute atomic E-state index is 12.6. The molecule has 0 bridgehead atoms. The lowest BCUT2D eigenvalue weighted by molar-refractivity contribution is -0.121. The molecule has 0 fully saturated rings. The number of hydrogen-bond donors (Lipinski definition) is 1. The fourth-order valence-corrected chi connectivity index (χ4v) is 4.01. The number of hydrogen-bond acceptors (Lipinski definition) is 6. The van der Waals surface area contributed by atoms with E-state index in [0.29, 0.717) is 18.0 Å². The first-order valence-corrected chi connectivity index (χ1v) is 11.8. The van der Waals surface area contributed by atoms with E-state index in [4.69, 9.17) is 9.47 Å². The number of benzene rings is 2. The zero-order valence-corrected chi connectivity index (χ0v) is 19.2. The minimum atomic E-state index is -3.71. The molecule has 0 saturated heterocycles. The molecule has 8 nitrogen and oxygen atoms in total. The molecule has 2 aromatic rings. The van der Waals surface area contributed by atoms with Crippen LogP contribution < -0.4 is 19.2 Å². The van der Waals surface area contributed by atoms with Crippen molar-refractivity contribution in [1.29, 1.82) is 0 Å². The van der Waals surface area contributed by atoms with Gasteiger partial charge in [-0.05, 0) is 81.8 Å². The first kappa shape index (κ1) is 24.2. The second-order valence-corrected chi connectivity index (χ2v) is 8.99. The van der Waals surface area contributed by atoms with E-state index in [0.717, 1.165) is 21.9 Å². The predicted molar refractivity (Wildman–Crippen MR) is 122 cm³/mol. The molecule has 0 aliphatic rings. The van der Waals surface area contributed by atoms with Gasteiger partial charge >= 0.3 is 0 Å². The van der Waals surface area contributed by atoms with Gasteiger partial charge < -0.3 is 9.47 Å². The van der Waals surface area contributed by atoms with Gasteiger partial charge in [0, 0.05) is 0 Å². The smallest absolute Gasteiger partial charge is 0.263 e. The summed E-state index contributed by atoms with van der Waals surface area (Å²) in [4.78, 5) is 12.6. The standard InChI is InChI=1S/C22H29N3O5S/c1-6-29-20-13-9-19(10-14-20)25(31(5,27)28)17(4)22(26)24-23-15-18-7-11-21(12-8-18)30-16(2)3/h7-17H,6H2,1-5H3,(H,24,26)/b23-15-/t17-/m0/s1. The number of carbonyl (C=O) groups is 1. The van der Waals surface area contributed by atoms with Crippen LogP contribution in [0.4, 0.5) is 5.69 Å². The summed E-state index contributed by atoms with van der Waals surface area (Å²) < 4.78 is 36.7. The third kappa shape index (κ3) is 7.29. The second-order valence-electron chi connectivity index (χ2n) is 7.13. The fourth-order valence-electron chi connectivity index (χ4n) is 2.83. The Kier molecular flexibility index (Phi) is 8.44. The maximum atomic E-state index is 12.6. The van der Waals surface area contributed by atoms with E-state index in [1.807, 2.05) is 32.9 Å². The number of carbonyl (C=O) groups excluding carboxylic acids is 1. The highest BCUT2D eigenvalue weighted by molar-refractivity contribution is 7.92. The number of sulfonamides is 1. The van der Waals surface area contributed by atoms with Crippen molar-refractivity contribution in [2.75, 3.05) is 17.2 Å². The summed E-state index contributed by atoms with van der Waals surface area (Å²) in [7, 11) is -3.71. The van der Waals surface area contributed by atoms with Crippen LogP contribution in [-0.2, 0) is 14.8 Å². The van der Waals surface area contributed by atoms with Gasteiger partial charge in [-0.3, -0.25) is 9.10 Å².